The normalized spacial score (nSPS) is 16.2. The molecule has 202 valence electrons. The molecule has 0 aliphatic carbocycles. The maximum absolute atomic E-state index is 12.1. The van der Waals surface area contributed by atoms with E-state index in [1.54, 1.807) is 0 Å². The molecule has 38 heavy (non-hydrogen) atoms. The van der Waals surface area contributed by atoms with Gasteiger partial charge in [0.1, 0.15) is 30.3 Å². The number of morpholine rings is 1. The van der Waals surface area contributed by atoms with Gasteiger partial charge in [-0.2, -0.15) is 0 Å². The fourth-order valence-corrected chi connectivity index (χ4v) is 4.47. The summed E-state index contributed by atoms with van der Waals surface area (Å²) in [4.78, 5) is 14.4. The lowest BCUT2D eigenvalue weighted by Gasteiger charge is -2.33. The second kappa shape index (κ2) is 12.9. The van der Waals surface area contributed by atoms with Gasteiger partial charge in [0.25, 0.3) is 0 Å². The van der Waals surface area contributed by atoms with E-state index >= 15 is 0 Å². The minimum absolute atomic E-state index is 0.0325. The molecule has 0 spiro atoms. The average Bonchev–Trinajstić information content (AvgIpc) is 2.90. The van der Waals surface area contributed by atoms with Crippen LogP contribution in [0.3, 0.4) is 0 Å². The van der Waals surface area contributed by atoms with Gasteiger partial charge in [-0.05, 0) is 74.2 Å². The summed E-state index contributed by atoms with van der Waals surface area (Å²) in [5, 5.41) is 0. The first kappa shape index (κ1) is 27.7. The van der Waals surface area contributed by atoms with Crippen molar-refractivity contribution in [1.82, 2.24) is 4.90 Å². The molecule has 3 aromatic rings. The molecular formula is C32H39NO5. The molecule has 3 aromatic carbocycles. The van der Waals surface area contributed by atoms with E-state index in [1.807, 2.05) is 69.3 Å². The third kappa shape index (κ3) is 8.61. The second-order valence-corrected chi connectivity index (χ2v) is 10.7. The fourth-order valence-electron chi connectivity index (χ4n) is 4.47. The molecule has 6 heteroatoms. The molecule has 0 saturated carbocycles. The standard InChI is InChI=1S/C32H39NO5/c1-24-19-28(37-23-26-11-8-12-27(20-26)36-22-25-9-6-5-7-10-25)13-14-29(24)30-21-33(17-18-35-30)16-15-31(34)38-32(2,3)4/h5-14,19-20,30H,15-18,21-23H2,1-4H3. The van der Waals surface area contributed by atoms with Crippen molar-refractivity contribution in [2.45, 2.75) is 59.0 Å². The molecule has 1 saturated heterocycles. The summed E-state index contributed by atoms with van der Waals surface area (Å²) in [6, 6.07) is 24.3. The highest BCUT2D eigenvalue weighted by Crippen LogP contribution is 2.28. The van der Waals surface area contributed by atoms with Crippen molar-refractivity contribution in [3.05, 3.63) is 95.1 Å². The first-order valence-electron chi connectivity index (χ1n) is 13.3. The van der Waals surface area contributed by atoms with Crippen molar-refractivity contribution in [1.29, 1.82) is 0 Å². The molecule has 1 heterocycles. The summed E-state index contributed by atoms with van der Waals surface area (Å²) in [7, 11) is 0. The monoisotopic (exact) mass is 517 g/mol. The summed E-state index contributed by atoms with van der Waals surface area (Å²) in [5.41, 5.74) is 4.01. The zero-order chi connectivity index (χ0) is 27.0. The third-order valence-corrected chi connectivity index (χ3v) is 6.34. The molecule has 0 N–H and O–H groups in total. The SMILES string of the molecule is Cc1cc(OCc2cccc(OCc3ccccc3)c2)ccc1C1CN(CCC(=O)OC(C)(C)C)CCO1. The number of aryl methyl sites for hydroxylation is 1. The highest BCUT2D eigenvalue weighted by Gasteiger charge is 2.25. The van der Waals surface area contributed by atoms with Crippen LogP contribution < -0.4 is 9.47 Å². The van der Waals surface area contributed by atoms with Gasteiger partial charge in [0.05, 0.1) is 19.1 Å². The van der Waals surface area contributed by atoms with Crippen LogP contribution in [0.4, 0.5) is 0 Å². The van der Waals surface area contributed by atoms with Gasteiger partial charge in [-0.3, -0.25) is 9.69 Å². The largest absolute Gasteiger partial charge is 0.489 e. The van der Waals surface area contributed by atoms with Crippen LogP contribution in [-0.4, -0.2) is 42.7 Å². The molecule has 1 fully saturated rings. The molecule has 6 nitrogen and oxygen atoms in total. The van der Waals surface area contributed by atoms with Gasteiger partial charge in [0, 0.05) is 19.6 Å². The number of hydrogen-bond donors (Lipinski definition) is 0. The van der Waals surface area contributed by atoms with Crippen molar-refractivity contribution < 1.29 is 23.7 Å². The van der Waals surface area contributed by atoms with Crippen LogP contribution in [0, 0.1) is 6.92 Å². The summed E-state index contributed by atoms with van der Waals surface area (Å²) >= 11 is 0. The van der Waals surface area contributed by atoms with E-state index in [0.29, 0.717) is 32.8 Å². The van der Waals surface area contributed by atoms with Crippen molar-refractivity contribution in [2.75, 3.05) is 26.2 Å². The minimum Gasteiger partial charge on any atom is -0.489 e. The Hall–Kier alpha value is -3.35. The van der Waals surface area contributed by atoms with E-state index in [0.717, 1.165) is 46.8 Å². The lowest BCUT2D eigenvalue weighted by atomic mass is 10.0. The van der Waals surface area contributed by atoms with E-state index < -0.39 is 5.60 Å². The van der Waals surface area contributed by atoms with Crippen LogP contribution in [0.15, 0.2) is 72.8 Å². The number of esters is 1. The lowest BCUT2D eigenvalue weighted by Crippen LogP contribution is -2.40. The molecule has 0 amide bonds. The van der Waals surface area contributed by atoms with Crippen molar-refractivity contribution in [2.24, 2.45) is 0 Å². The number of nitrogens with zero attached hydrogens (tertiary/aromatic N) is 1. The van der Waals surface area contributed by atoms with Gasteiger partial charge in [-0.25, -0.2) is 0 Å². The van der Waals surface area contributed by atoms with E-state index in [9.17, 15) is 4.79 Å². The molecular weight excluding hydrogens is 478 g/mol. The summed E-state index contributed by atoms with van der Waals surface area (Å²) < 4.78 is 23.6. The third-order valence-electron chi connectivity index (χ3n) is 6.34. The van der Waals surface area contributed by atoms with Crippen LogP contribution in [0.2, 0.25) is 0 Å². The highest BCUT2D eigenvalue weighted by atomic mass is 16.6. The van der Waals surface area contributed by atoms with E-state index in [4.69, 9.17) is 18.9 Å². The van der Waals surface area contributed by atoms with Crippen LogP contribution in [0.1, 0.15) is 55.5 Å². The van der Waals surface area contributed by atoms with Gasteiger partial charge >= 0.3 is 5.97 Å². The number of ether oxygens (including phenoxy) is 4. The molecule has 0 radical (unpaired) electrons. The Labute approximate surface area is 226 Å². The van der Waals surface area contributed by atoms with Gasteiger partial charge in [0.2, 0.25) is 0 Å². The van der Waals surface area contributed by atoms with Crippen LogP contribution in [-0.2, 0) is 27.5 Å². The predicted molar refractivity (Wildman–Crippen MR) is 148 cm³/mol. The van der Waals surface area contributed by atoms with E-state index in [-0.39, 0.29) is 12.1 Å². The predicted octanol–water partition coefficient (Wildman–Crippen LogP) is 6.26. The van der Waals surface area contributed by atoms with E-state index in [1.165, 1.54) is 0 Å². The number of carbonyl (C=O) groups is 1. The molecule has 0 bridgehead atoms. The van der Waals surface area contributed by atoms with Crippen molar-refractivity contribution >= 4 is 5.97 Å². The Bertz CT molecular complexity index is 1190. The van der Waals surface area contributed by atoms with Gasteiger partial charge in [-0.15, -0.1) is 0 Å². The molecule has 4 rings (SSSR count). The summed E-state index contributed by atoms with van der Waals surface area (Å²) in [5.74, 6) is 1.48. The fraction of sp³-hybridized carbons (Fsp3) is 0.406. The Morgan fingerprint density at radius 3 is 2.37 bits per heavy atom. The Balaban J connectivity index is 1.28. The number of carbonyl (C=O) groups excluding carboxylic acids is 1. The summed E-state index contributed by atoms with van der Waals surface area (Å²) in [6.07, 6.45) is 0.351. The smallest absolute Gasteiger partial charge is 0.307 e. The average molecular weight is 518 g/mol. The maximum Gasteiger partial charge on any atom is 0.307 e. The number of rotatable bonds is 10. The number of hydrogen-bond acceptors (Lipinski definition) is 6. The van der Waals surface area contributed by atoms with Crippen molar-refractivity contribution in [3.63, 3.8) is 0 Å². The van der Waals surface area contributed by atoms with Crippen LogP contribution in [0.25, 0.3) is 0 Å². The molecule has 0 aromatic heterocycles. The summed E-state index contributed by atoms with van der Waals surface area (Å²) in [6.45, 7) is 11.6. The Kier molecular flexibility index (Phi) is 9.43. The first-order valence-corrected chi connectivity index (χ1v) is 13.3. The minimum atomic E-state index is -0.454. The molecule has 1 aliphatic rings. The quantitative estimate of drug-likeness (QED) is 0.296. The highest BCUT2D eigenvalue weighted by molar-refractivity contribution is 5.70. The van der Waals surface area contributed by atoms with E-state index in [2.05, 4.69) is 36.1 Å². The molecule has 1 aliphatic heterocycles. The Morgan fingerprint density at radius 1 is 0.921 bits per heavy atom. The lowest BCUT2D eigenvalue weighted by molar-refractivity contribution is -0.155. The first-order chi connectivity index (χ1) is 18.2. The second-order valence-electron chi connectivity index (χ2n) is 10.7. The van der Waals surface area contributed by atoms with Gasteiger partial charge < -0.3 is 18.9 Å². The zero-order valence-electron chi connectivity index (χ0n) is 22.9. The number of benzene rings is 3. The van der Waals surface area contributed by atoms with Gasteiger partial charge in [0.15, 0.2) is 0 Å². The van der Waals surface area contributed by atoms with Crippen LogP contribution in [0.5, 0.6) is 11.5 Å². The Morgan fingerprint density at radius 2 is 1.63 bits per heavy atom. The molecule has 1 atom stereocenters. The molecule has 1 unspecified atom stereocenters. The van der Waals surface area contributed by atoms with Gasteiger partial charge in [-0.1, -0.05) is 48.5 Å². The maximum atomic E-state index is 12.1. The zero-order valence-corrected chi connectivity index (χ0v) is 22.9. The van der Waals surface area contributed by atoms with Crippen LogP contribution >= 0.6 is 0 Å². The van der Waals surface area contributed by atoms with Crippen molar-refractivity contribution in [3.8, 4) is 11.5 Å². The topological polar surface area (TPSA) is 57.2 Å².